The van der Waals surface area contributed by atoms with E-state index in [0.29, 0.717) is 6.54 Å². The van der Waals surface area contributed by atoms with Gasteiger partial charge in [-0.05, 0) is 26.0 Å². The number of nitrogens with one attached hydrogen (secondary N) is 2. The van der Waals surface area contributed by atoms with Gasteiger partial charge in [-0.25, -0.2) is 9.97 Å². The van der Waals surface area contributed by atoms with Gasteiger partial charge in [-0.1, -0.05) is 6.92 Å². The molecule has 0 saturated carbocycles. The Morgan fingerprint density at radius 2 is 1.89 bits per heavy atom. The van der Waals surface area contributed by atoms with Crippen LogP contribution >= 0.6 is 0 Å². The Morgan fingerprint density at radius 3 is 2.47 bits per heavy atom. The van der Waals surface area contributed by atoms with Gasteiger partial charge in [0.05, 0.1) is 6.54 Å². The van der Waals surface area contributed by atoms with Crippen LogP contribution in [0.25, 0.3) is 0 Å². The molecule has 0 spiro atoms. The Morgan fingerprint density at radius 1 is 1.16 bits per heavy atom. The molecule has 0 bridgehead atoms. The quantitative estimate of drug-likeness (QED) is 0.865. The highest BCUT2D eigenvalue weighted by molar-refractivity contribution is 5.57. The minimum atomic E-state index is 0.623. The van der Waals surface area contributed by atoms with Crippen molar-refractivity contribution in [2.24, 2.45) is 0 Å². The van der Waals surface area contributed by atoms with Crippen molar-refractivity contribution in [3.63, 3.8) is 0 Å². The zero-order valence-electron chi connectivity index (χ0n) is 11.9. The zero-order valence-corrected chi connectivity index (χ0v) is 11.9. The summed E-state index contributed by atoms with van der Waals surface area (Å²) in [6.45, 7) is 6.61. The number of aromatic nitrogens is 2. The lowest BCUT2D eigenvalue weighted by atomic mass is 10.3. The molecule has 0 fully saturated rings. The molecule has 5 nitrogen and oxygen atoms in total. The molecule has 2 rings (SSSR count). The smallest absolute Gasteiger partial charge is 0.135 e. The molecule has 2 aromatic heterocycles. The highest BCUT2D eigenvalue weighted by Crippen LogP contribution is 2.20. The molecule has 0 atom stereocenters. The second-order valence-corrected chi connectivity index (χ2v) is 4.43. The molecule has 5 heteroatoms. The van der Waals surface area contributed by atoms with Gasteiger partial charge in [-0.15, -0.1) is 0 Å². The minimum Gasteiger partial charge on any atom is -0.465 e. The first-order chi connectivity index (χ1) is 9.13. The van der Waals surface area contributed by atoms with Crippen molar-refractivity contribution >= 4 is 11.6 Å². The zero-order chi connectivity index (χ0) is 13.8. The number of hydrogen-bond donors (Lipinski definition) is 2. The molecular weight excluding hydrogens is 240 g/mol. The highest BCUT2D eigenvalue weighted by Gasteiger charge is 2.09. The second-order valence-electron chi connectivity index (χ2n) is 4.43. The Bertz CT molecular complexity index is 563. The van der Waals surface area contributed by atoms with Crippen LogP contribution in [0.5, 0.6) is 0 Å². The van der Waals surface area contributed by atoms with E-state index in [4.69, 9.17) is 4.42 Å². The van der Waals surface area contributed by atoms with E-state index in [1.54, 1.807) is 0 Å². The van der Waals surface area contributed by atoms with Crippen LogP contribution in [0.15, 0.2) is 16.5 Å². The van der Waals surface area contributed by atoms with Gasteiger partial charge in [-0.2, -0.15) is 0 Å². The lowest BCUT2D eigenvalue weighted by Crippen LogP contribution is -2.09. The highest BCUT2D eigenvalue weighted by atomic mass is 16.3. The summed E-state index contributed by atoms with van der Waals surface area (Å²) in [4.78, 5) is 8.96. The predicted molar refractivity (Wildman–Crippen MR) is 76.5 cm³/mol. The summed E-state index contributed by atoms with van der Waals surface area (Å²) in [5.41, 5.74) is 1.02. The number of rotatable bonds is 5. The van der Waals surface area contributed by atoms with Gasteiger partial charge in [0.1, 0.15) is 29.0 Å². The summed E-state index contributed by atoms with van der Waals surface area (Å²) in [7, 11) is 1.87. The van der Waals surface area contributed by atoms with Crippen LogP contribution in [0.3, 0.4) is 0 Å². The van der Waals surface area contributed by atoms with E-state index in [1.165, 1.54) is 0 Å². The normalized spacial score (nSPS) is 10.5. The van der Waals surface area contributed by atoms with E-state index < -0.39 is 0 Å². The fourth-order valence-corrected chi connectivity index (χ4v) is 1.89. The van der Waals surface area contributed by atoms with Crippen LogP contribution in [-0.4, -0.2) is 17.0 Å². The van der Waals surface area contributed by atoms with Crippen LogP contribution in [0, 0.1) is 13.8 Å². The van der Waals surface area contributed by atoms with Crippen molar-refractivity contribution in [3.05, 3.63) is 35.0 Å². The number of nitrogens with zero attached hydrogens (tertiary/aromatic N) is 2. The van der Waals surface area contributed by atoms with Gasteiger partial charge < -0.3 is 15.1 Å². The molecule has 0 aromatic carbocycles. The van der Waals surface area contributed by atoms with Gasteiger partial charge in [0.15, 0.2) is 0 Å². The monoisotopic (exact) mass is 260 g/mol. The molecule has 0 radical (unpaired) electrons. The molecule has 0 unspecified atom stereocenters. The second kappa shape index (κ2) is 5.73. The number of aryl methyl sites for hydroxylation is 2. The Kier molecular flexibility index (Phi) is 4.04. The predicted octanol–water partition coefficient (Wildman–Crippen LogP) is 2.90. The van der Waals surface area contributed by atoms with Gasteiger partial charge in [-0.3, -0.25) is 0 Å². The number of furan rings is 1. The molecule has 19 heavy (non-hydrogen) atoms. The minimum absolute atomic E-state index is 0.623. The molecular formula is C14H20N4O. The van der Waals surface area contributed by atoms with Crippen LogP contribution in [0.1, 0.15) is 29.8 Å². The number of anilines is 2. The summed E-state index contributed by atoms with van der Waals surface area (Å²) < 4.78 is 5.54. The third-order valence-corrected chi connectivity index (χ3v) is 2.97. The molecule has 2 N–H and O–H groups in total. The maximum Gasteiger partial charge on any atom is 0.135 e. The first-order valence-electron chi connectivity index (χ1n) is 6.48. The largest absolute Gasteiger partial charge is 0.465 e. The summed E-state index contributed by atoms with van der Waals surface area (Å²) in [6.07, 6.45) is 0.809. The van der Waals surface area contributed by atoms with E-state index in [-0.39, 0.29) is 0 Å². The van der Waals surface area contributed by atoms with Crippen LogP contribution < -0.4 is 10.6 Å². The first kappa shape index (κ1) is 13.4. The van der Waals surface area contributed by atoms with E-state index in [9.17, 15) is 0 Å². The van der Waals surface area contributed by atoms with Gasteiger partial charge in [0, 0.05) is 19.0 Å². The maximum atomic E-state index is 5.54. The van der Waals surface area contributed by atoms with Crippen molar-refractivity contribution in [1.29, 1.82) is 0 Å². The lowest BCUT2D eigenvalue weighted by molar-refractivity contribution is 0.490. The molecule has 0 aliphatic rings. The molecule has 2 aromatic rings. The first-order valence-corrected chi connectivity index (χ1v) is 6.48. The van der Waals surface area contributed by atoms with E-state index >= 15 is 0 Å². The SMILES string of the molecule is CCc1nc(NC)c(C)c(NCc2ccc(C)o2)n1. The fraction of sp³-hybridized carbons (Fsp3) is 0.429. The average Bonchev–Trinajstić information content (AvgIpc) is 2.83. The third kappa shape index (κ3) is 3.05. The standard InChI is InChI=1S/C14H20N4O/c1-5-12-17-13(15-4)10(3)14(18-12)16-8-11-7-6-9(2)19-11/h6-7H,5,8H2,1-4H3,(H2,15,16,17,18). The molecule has 2 heterocycles. The Labute approximate surface area is 113 Å². The summed E-state index contributed by atoms with van der Waals surface area (Å²) in [6, 6.07) is 3.93. The molecule has 102 valence electrons. The van der Waals surface area contributed by atoms with E-state index in [2.05, 4.69) is 20.6 Å². The van der Waals surface area contributed by atoms with Crippen molar-refractivity contribution in [1.82, 2.24) is 9.97 Å². The van der Waals surface area contributed by atoms with Gasteiger partial charge in [0.25, 0.3) is 0 Å². The molecule has 0 saturated heterocycles. The van der Waals surface area contributed by atoms with E-state index in [0.717, 1.165) is 41.0 Å². The number of hydrogen-bond acceptors (Lipinski definition) is 5. The van der Waals surface area contributed by atoms with Crippen molar-refractivity contribution < 1.29 is 4.42 Å². The topological polar surface area (TPSA) is 63.0 Å². The average molecular weight is 260 g/mol. The maximum absolute atomic E-state index is 5.54. The molecule has 0 aliphatic carbocycles. The molecule has 0 aliphatic heterocycles. The summed E-state index contributed by atoms with van der Waals surface area (Å²) >= 11 is 0. The van der Waals surface area contributed by atoms with Crippen LogP contribution in [0.2, 0.25) is 0 Å². The fourth-order valence-electron chi connectivity index (χ4n) is 1.89. The summed E-state index contributed by atoms with van der Waals surface area (Å²) in [5, 5.41) is 6.41. The van der Waals surface area contributed by atoms with Crippen molar-refractivity contribution in [3.8, 4) is 0 Å². The third-order valence-electron chi connectivity index (χ3n) is 2.97. The Balaban J connectivity index is 2.19. The molecule has 0 amide bonds. The van der Waals surface area contributed by atoms with Crippen LogP contribution in [0.4, 0.5) is 11.6 Å². The lowest BCUT2D eigenvalue weighted by Gasteiger charge is -2.12. The Hall–Kier alpha value is -2.04. The summed E-state index contributed by atoms with van der Waals surface area (Å²) in [5.74, 6) is 4.37. The van der Waals surface area contributed by atoms with Crippen molar-refractivity contribution in [2.45, 2.75) is 33.7 Å². The van der Waals surface area contributed by atoms with Gasteiger partial charge in [0.2, 0.25) is 0 Å². The van der Waals surface area contributed by atoms with Crippen molar-refractivity contribution in [2.75, 3.05) is 17.7 Å². The van der Waals surface area contributed by atoms with Crippen LogP contribution in [-0.2, 0) is 13.0 Å². The van der Waals surface area contributed by atoms with E-state index in [1.807, 2.05) is 40.0 Å². The van der Waals surface area contributed by atoms with Gasteiger partial charge >= 0.3 is 0 Å².